The van der Waals surface area contributed by atoms with Crippen LogP contribution in [0.2, 0.25) is 5.02 Å². The molecule has 1 rings (SSSR count). The molecule has 0 aliphatic heterocycles. The van der Waals surface area contributed by atoms with Gasteiger partial charge in [0.2, 0.25) is 0 Å². The van der Waals surface area contributed by atoms with E-state index in [1.165, 1.54) is 11.8 Å². The molecule has 0 aliphatic carbocycles. The number of likely N-dealkylation sites (N-methyl/N-ethyl adjacent to an activating group) is 1. The standard InChI is InChI=1S/C10H15ClN2OS/c1-2-12-6-9(14)7-15-10-4-3-8(11)5-13-10/h3-5,9,12,14H,2,6-7H2,1H3. The molecular formula is C10H15ClN2OS. The lowest BCUT2D eigenvalue weighted by Gasteiger charge is -2.09. The fourth-order valence-corrected chi connectivity index (χ4v) is 1.88. The van der Waals surface area contributed by atoms with Gasteiger partial charge >= 0.3 is 0 Å². The molecule has 0 radical (unpaired) electrons. The van der Waals surface area contributed by atoms with E-state index >= 15 is 0 Å². The van der Waals surface area contributed by atoms with Crippen molar-refractivity contribution < 1.29 is 5.11 Å². The van der Waals surface area contributed by atoms with Crippen LogP contribution in [0, 0.1) is 0 Å². The van der Waals surface area contributed by atoms with Crippen molar-refractivity contribution in [2.75, 3.05) is 18.8 Å². The Morgan fingerprint density at radius 1 is 1.60 bits per heavy atom. The summed E-state index contributed by atoms with van der Waals surface area (Å²) >= 11 is 7.24. The molecule has 0 aromatic carbocycles. The molecule has 1 unspecified atom stereocenters. The van der Waals surface area contributed by atoms with Crippen molar-refractivity contribution in [1.29, 1.82) is 0 Å². The summed E-state index contributed by atoms with van der Waals surface area (Å²) in [6.45, 7) is 3.51. The summed E-state index contributed by atoms with van der Waals surface area (Å²) in [5.41, 5.74) is 0. The topological polar surface area (TPSA) is 45.1 Å². The van der Waals surface area contributed by atoms with Crippen molar-refractivity contribution in [3.63, 3.8) is 0 Å². The highest BCUT2D eigenvalue weighted by atomic mass is 35.5. The van der Waals surface area contributed by atoms with Crippen LogP contribution in [-0.2, 0) is 0 Å². The maximum Gasteiger partial charge on any atom is 0.0961 e. The first kappa shape index (κ1) is 12.8. The maximum atomic E-state index is 9.56. The Bertz CT molecular complexity index is 281. The molecule has 1 aromatic heterocycles. The van der Waals surface area contributed by atoms with E-state index in [0.717, 1.165) is 11.6 Å². The maximum absolute atomic E-state index is 9.56. The van der Waals surface area contributed by atoms with Gasteiger partial charge in [0.1, 0.15) is 0 Å². The number of hydrogen-bond acceptors (Lipinski definition) is 4. The number of rotatable bonds is 6. The molecule has 3 nitrogen and oxygen atoms in total. The van der Waals surface area contributed by atoms with Gasteiger partial charge in [0.15, 0.2) is 0 Å². The first-order valence-corrected chi connectivity index (χ1v) is 6.22. The number of nitrogens with zero attached hydrogens (tertiary/aromatic N) is 1. The lowest BCUT2D eigenvalue weighted by molar-refractivity contribution is 0.197. The SMILES string of the molecule is CCNCC(O)CSc1ccc(Cl)cn1. The van der Waals surface area contributed by atoms with Crippen LogP contribution in [0.1, 0.15) is 6.92 Å². The molecule has 0 saturated carbocycles. The zero-order chi connectivity index (χ0) is 11.1. The minimum Gasteiger partial charge on any atom is -0.391 e. The summed E-state index contributed by atoms with van der Waals surface area (Å²) in [6.07, 6.45) is 1.27. The smallest absolute Gasteiger partial charge is 0.0961 e. The molecule has 15 heavy (non-hydrogen) atoms. The summed E-state index contributed by atoms with van der Waals surface area (Å²) in [5.74, 6) is 0.641. The van der Waals surface area contributed by atoms with Gasteiger partial charge in [0.05, 0.1) is 16.2 Å². The zero-order valence-electron chi connectivity index (χ0n) is 8.61. The summed E-state index contributed by atoms with van der Waals surface area (Å²) in [7, 11) is 0. The van der Waals surface area contributed by atoms with E-state index in [2.05, 4.69) is 10.3 Å². The normalized spacial score (nSPS) is 12.7. The van der Waals surface area contributed by atoms with Crippen LogP contribution < -0.4 is 5.32 Å². The minimum atomic E-state index is -0.340. The van der Waals surface area contributed by atoms with Crippen molar-refractivity contribution in [2.24, 2.45) is 0 Å². The monoisotopic (exact) mass is 246 g/mol. The number of aliphatic hydroxyl groups excluding tert-OH is 1. The summed E-state index contributed by atoms with van der Waals surface area (Å²) in [5, 5.41) is 14.2. The summed E-state index contributed by atoms with van der Waals surface area (Å²) in [4.78, 5) is 4.13. The number of nitrogens with one attached hydrogen (secondary N) is 1. The van der Waals surface area contributed by atoms with Gasteiger partial charge in [-0.05, 0) is 18.7 Å². The number of aliphatic hydroxyl groups is 1. The second kappa shape index (κ2) is 7.06. The van der Waals surface area contributed by atoms with Gasteiger partial charge in [0, 0.05) is 18.5 Å². The Morgan fingerprint density at radius 3 is 3.00 bits per heavy atom. The molecule has 0 bridgehead atoms. The molecular weight excluding hydrogens is 232 g/mol. The molecule has 1 atom stereocenters. The van der Waals surface area contributed by atoms with Gasteiger partial charge in [-0.25, -0.2) is 4.98 Å². The van der Waals surface area contributed by atoms with Gasteiger partial charge in [0.25, 0.3) is 0 Å². The van der Waals surface area contributed by atoms with Crippen LogP contribution in [0.5, 0.6) is 0 Å². The lowest BCUT2D eigenvalue weighted by atomic mass is 10.4. The first-order valence-electron chi connectivity index (χ1n) is 4.85. The molecule has 1 aromatic rings. The Morgan fingerprint density at radius 2 is 2.40 bits per heavy atom. The number of hydrogen-bond donors (Lipinski definition) is 2. The second-order valence-electron chi connectivity index (χ2n) is 3.09. The van der Waals surface area contributed by atoms with Crippen LogP contribution in [-0.4, -0.2) is 35.0 Å². The zero-order valence-corrected chi connectivity index (χ0v) is 10.2. The molecule has 0 aliphatic rings. The molecule has 1 heterocycles. The molecule has 84 valence electrons. The van der Waals surface area contributed by atoms with E-state index in [-0.39, 0.29) is 6.10 Å². The van der Waals surface area contributed by atoms with E-state index in [0.29, 0.717) is 17.3 Å². The van der Waals surface area contributed by atoms with Gasteiger partial charge in [-0.3, -0.25) is 0 Å². The number of pyridine rings is 1. The Hall–Kier alpha value is -0.290. The van der Waals surface area contributed by atoms with Gasteiger partial charge in [-0.2, -0.15) is 0 Å². The minimum absolute atomic E-state index is 0.340. The Kier molecular flexibility index (Phi) is 6.02. The number of aromatic nitrogens is 1. The third-order valence-corrected chi connectivity index (χ3v) is 3.07. The number of halogens is 1. The van der Waals surface area contributed by atoms with Crippen molar-refractivity contribution in [1.82, 2.24) is 10.3 Å². The van der Waals surface area contributed by atoms with Gasteiger partial charge < -0.3 is 10.4 Å². The molecule has 0 amide bonds. The Balaban J connectivity index is 2.27. The van der Waals surface area contributed by atoms with Crippen molar-refractivity contribution in [3.05, 3.63) is 23.4 Å². The highest BCUT2D eigenvalue weighted by molar-refractivity contribution is 7.99. The van der Waals surface area contributed by atoms with Gasteiger partial charge in [-0.15, -0.1) is 11.8 Å². The third-order valence-electron chi connectivity index (χ3n) is 1.75. The van der Waals surface area contributed by atoms with Crippen molar-refractivity contribution in [3.8, 4) is 0 Å². The highest BCUT2D eigenvalue weighted by Gasteiger charge is 2.04. The largest absolute Gasteiger partial charge is 0.391 e. The number of thioether (sulfide) groups is 1. The van der Waals surface area contributed by atoms with Crippen LogP contribution in [0.3, 0.4) is 0 Å². The van der Waals surface area contributed by atoms with Crippen molar-refractivity contribution in [2.45, 2.75) is 18.1 Å². The fourth-order valence-electron chi connectivity index (χ4n) is 0.999. The van der Waals surface area contributed by atoms with Crippen LogP contribution in [0.15, 0.2) is 23.4 Å². The van der Waals surface area contributed by atoms with Crippen LogP contribution in [0.25, 0.3) is 0 Å². The quantitative estimate of drug-likeness (QED) is 0.752. The summed E-state index contributed by atoms with van der Waals surface area (Å²) in [6, 6.07) is 3.65. The molecule has 5 heteroatoms. The van der Waals surface area contributed by atoms with E-state index in [9.17, 15) is 5.11 Å². The third kappa shape index (κ3) is 5.37. The van der Waals surface area contributed by atoms with Crippen LogP contribution >= 0.6 is 23.4 Å². The van der Waals surface area contributed by atoms with E-state index in [1.54, 1.807) is 12.3 Å². The lowest BCUT2D eigenvalue weighted by Crippen LogP contribution is -2.28. The molecule has 0 saturated heterocycles. The average molecular weight is 247 g/mol. The Labute approximate surface area is 99.2 Å². The fraction of sp³-hybridized carbons (Fsp3) is 0.500. The molecule has 0 spiro atoms. The van der Waals surface area contributed by atoms with E-state index in [4.69, 9.17) is 11.6 Å². The molecule has 2 N–H and O–H groups in total. The summed E-state index contributed by atoms with van der Waals surface area (Å²) < 4.78 is 0. The highest BCUT2D eigenvalue weighted by Crippen LogP contribution is 2.17. The van der Waals surface area contributed by atoms with E-state index in [1.807, 2.05) is 13.0 Å². The average Bonchev–Trinajstić information content (AvgIpc) is 2.25. The first-order chi connectivity index (χ1) is 7.22. The van der Waals surface area contributed by atoms with Crippen molar-refractivity contribution >= 4 is 23.4 Å². The van der Waals surface area contributed by atoms with Crippen LogP contribution in [0.4, 0.5) is 0 Å². The molecule has 0 fully saturated rings. The predicted octanol–water partition coefficient (Wildman–Crippen LogP) is 1.80. The second-order valence-corrected chi connectivity index (χ2v) is 4.56. The van der Waals surface area contributed by atoms with Gasteiger partial charge in [-0.1, -0.05) is 18.5 Å². The predicted molar refractivity (Wildman–Crippen MR) is 64.5 cm³/mol. The van der Waals surface area contributed by atoms with E-state index < -0.39 is 0 Å².